The number of hydrogen-bond donors (Lipinski definition) is 3. The van der Waals surface area contributed by atoms with E-state index < -0.39 is 11.9 Å². The SMILES string of the molecule is CC(CCC(=O)O)Nc1cc(C(N)=O)c2ccccc2n1. The summed E-state index contributed by atoms with van der Waals surface area (Å²) >= 11 is 0. The van der Waals surface area contributed by atoms with Crippen LogP contribution in [-0.4, -0.2) is 28.0 Å². The van der Waals surface area contributed by atoms with E-state index in [4.69, 9.17) is 10.8 Å². The first-order chi connectivity index (χ1) is 9.97. The van der Waals surface area contributed by atoms with Crippen LogP contribution in [0.2, 0.25) is 0 Å². The number of rotatable bonds is 6. The molecule has 110 valence electrons. The Kier molecular flexibility index (Phi) is 4.37. The molecular weight excluding hydrogens is 270 g/mol. The van der Waals surface area contributed by atoms with Crippen LogP contribution >= 0.6 is 0 Å². The third-order valence-corrected chi connectivity index (χ3v) is 3.17. The number of pyridine rings is 1. The molecule has 1 atom stereocenters. The van der Waals surface area contributed by atoms with E-state index in [0.29, 0.717) is 28.7 Å². The molecular formula is C15H17N3O3. The fourth-order valence-corrected chi connectivity index (χ4v) is 2.12. The van der Waals surface area contributed by atoms with Gasteiger partial charge in [0.1, 0.15) is 5.82 Å². The monoisotopic (exact) mass is 287 g/mol. The highest BCUT2D eigenvalue weighted by molar-refractivity contribution is 6.06. The van der Waals surface area contributed by atoms with Crippen molar-refractivity contribution in [3.8, 4) is 0 Å². The Morgan fingerprint density at radius 3 is 2.76 bits per heavy atom. The minimum absolute atomic E-state index is 0.0736. The number of aromatic nitrogens is 1. The number of nitrogens with zero attached hydrogens (tertiary/aromatic N) is 1. The highest BCUT2D eigenvalue weighted by atomic mass is 16.4. The van der Waals surface area contributed by atoms with E-state index in [-0.39, 0.29) is 12.5 Å². The second kappa shape index (κ2) is 6.21. The number of hydrogen-bond acceptors (Lipinski definition) is 4. The number of anilines is 1. The summed E-state index contributed by atoms with van der Waals surface area (Å²) in [6.07, 6.45) is 0.542. The first-order valence-corrected chi connectivity index (χ1v) is 6.65. The second-order valence-electron chi connectivity index (χ2n) is 4.91. The number of aliphatic carboxylic acids is 1. The van der Waals surface area contributed by atoms with Gasteiger partial charge in [0.2, 0.25) is 5.91 Å². The number of fused-ring (bicyclic) bond motifs is 1. The van der Waals surface area contributed by atoms with E-state index in [9.17, 15) is 9.59 Å². The highest BCUT2D eigenvalue weighted by Crippen LogP contribution is 2.21. The average molecular weight is 287 g/mol. The number of nitrogens with one attached hydrogen (secondary N) is 1. The van der Waals surface area contributed by atoms with Crippen LogP contribution in [0.15, 0.2) is 30.3 Å². The summed E-state index contributed by atoms with van der Waals surface area (Å²) < 4.78 is 0. The molecule has 0 bridgehead atoms. The summed E-state index contributed by atoms with van der Waals surface area (Å²) in [6.45, 7) is 1.86. The summed E-state index contributed by atoms with van der Waals surface area (Å²) in [6, 6.07) is 8.77. The van der Waals surface area contributed by atoms with E-state index in [1.165, 1.54) is 0 Å². The van der Waals surface area contributed by atoms with Crippen LogP contribution < -0.4 is 11.1 Å². The lowest BCUT2D eigenvalue weighted by Crippen LogP contribution is -2.19. The van der Waals surface area contributed by atoms with E-state index in [2.05, 4.69) is 10.3 Å². The van der Waals surface area contributed by atoms with Crippen molar-refractivity contribution in [1.29, 1.82) is 0 Å². The third kappa shape index (κ3) is 3.68. The molecule has 6 nitrogen and oxygen atoms in total. The highest BCUT2D eigenvalue weighted by Gasteiger charge is 2.12. The molecule has 0 fully saturated rings. The zero-order chi connectivity index (χ0) is 15.4. The molecule has 2 rings (SSSR count). The first kappa shape index (κ1) is 14.8. The fourth-order valence-electron chi connectivity index (χ4n) is 2.12. The normalized spacial score (nSPS) is 12.0. The van der Waals surface area contributed by atoms with E-state index in [0.717, 1.165) is 0 Å². The zero-order valence-corrected chi connectivity index (χ0v) is 11.7. The molecule has 0 aliphatic heterocycles. The zero-order valence-electron chi connectivity index (χ0n) is 11.7. The van der Waals surface area contributed by atoms with Gasteiger partial charge in [0.15, 0.2) is 0 Å². The molecule has 1 unspecified atom stereocenters. The topological polar surface area (TPSA) is 105 Å². The molecule has 0 saturated carbocycles. The van der Waals surface area contributed by atoms with Crippen molar-refractivity contribution < 1.29 is 14.7 Å². The molecule has 0 aliphatic carbocycles. The van der Waals surface area contributed by atoms with Gasteiger partial charge in [0, 0.05) is 17.8 Å². The number of carboxylic acid groups (broad SMARTS) is 1. The number of carbonyl (C=O) groups is 2. The number of carboxylic acids is 1. The molecule has 4 N–H and O–H groups in total. The van der Waals surface area contributed by atoms with Crippen molar-refractivity contribution in [2.75, 3.05) is 5.32 Å². The molecule has 2 aromatic rings. The van der Waals surface area contributed by atoms with E-state index in [1.54, 1.807) is 18.2 Å². The Labute approximate surface area is 122 Å². The fraction of sp³-hybridized carbons (Fsp3) is 0.267. The first-order valence-electron chi connectivity index (χ1n) is 6.65. The minimum Gasteiger partial charge on any atom is -0.481 e. The van der Waals surface area contributed by atoms with Crippen molar-refractivity contribution in [2.24, 2.45) is 5.73 Å². The molecule has 1 heterocycles. The lowest BCUT2D eigenvalue weighted by molar-refractivity contribution is -0.137. The summed E-state index contributed by atoms with van der Waals surface area (Å²) in [5.74, 6) is -0.844. The molecule has 1 aromatic carbocycles. The lowest BCUT2D eigenvalue weighted by atomic mass is 10.1. The number of nitrogens with two attached hydrogens (primary N) is 1. The molecule has 6 heteroatoms. The van der Waals surface area contributed by atoms with Gasteiger partial charge in [-0.2, -0.15) is 0 Å². The smallest absolute Gasteiger partial charge is 0.303 e. The van der Waals surface area contributed by atoms with Crippen LogP contribution in [0, 0.1) is 0 Å². The molecule has 0 aliphatic rings. The van der Waals surface area contributed by atoms with Gasteiger partial charge in [-0.15, -0.1) is 0 Å². The maximum Gasteiger partial charge on any atom is 0.303 e. The van der Waals surface area contributed by atoms with E-state index in [1.807, 2.05) is 19.1 Å². The molecule has 0 spiro atoms. The molecule has 1 amide bonds. The molecule has 21 heavy (non-hydrogen) atoms. The van der Waals surface area contributed by atoms with Crippen molar-refractivity contribution in [1.82, 2.24) is 4.98 Å². The Morgan fingerprint density at radius 2 is 2.10 bits per heavy atom. The van der Waals surface area contributed by atoms with Crippen molar-refractivity contribution in [2.45, 2.75) is 25.8 Å². The third-order valence-electron chi connectivity index (χ3n) is 3.17. The summed E-state index contributed by atoms with van der Waals surface area (Å²) in [5.41, 5.74) is 6.47. The maximum absolute atomic E-state index is 11.6. The van der Waals surface area contributed by atoms with Crippen LogP contribution in [0.25, 0.3) is 10.9 Å². The van der Waals surface area contributed by atoms with Crippen LogP contribution in [0.1, 0.15) is 30.1 Å². The number of para-hydroxylation sites is 1. The van der Waals surface area contributed by atoms with Crippen molar-refractivity contribution >= 4 is 28.6 Å². The van der Waals surface area contributed by atoms with Crippen LogP contribution in [0.3, 0.4) is 0 Å². The Hall–Kier alpha value is -2.63. The van der Waals surface area contributed by atoms with Crippen molar-refractivity contribution in [3.63, 3.8) is 0 Å². The van der Waals surface area contributed by atoms with Crippen LogP contribution in [-0.2, 0) is 4.79 Å². The van der Waals surface area contributed by atoms with Gasteiger partial charge < -0.3 is 16.2 Å². The second-order valence-corrected chi connectivity index (χ2v) is 4.91. The lowest BCUT2D eigenvalue weighted by Gasteiger charge is -2.15. The van der Waals surface area contributed by atoms with Crippen LogP contribution in [0.4, 0.5) is 5.82 Å². The Morgan fingerprint density at radius 1 is 1.38 bits per heavy atom. The van der Waals surface area contributed by atoms with Gasteiger partial charge in [-0.1, -0.05) is 18.2 Å². The predicted molar refractivity (Wildman–Crippen MR) is 80.2 cm³/mol. The number of carbonyl (C=O) groups excluding carboxylic acids is 1. The van der Waals surface area contributed by atoms with E-state index >= 15 is 0 Å². The van der Waals surface area contributed by atoms with Gasteiger partial charge in [0.25, 0.3) is 0 Å². The molecule has 1 aromatic heterocycles. The molecule has 0 radical (unpaired) electrons. The summed E-state index contributed by atoms with van der Waals surface area (Å²) in [5, 5.41) is 12.5. The number of amides is 1. The maximum atomic E-state index is 11.6. The summed E-state index contributed by atoms with van der Waals surface area (Å²) in [7, 11) is 0. The van der Waals surface area contributed by atoms with Crippen molar-refractivity contribution in [3.05, 3.63) is 35.9 Å². The van der Waals surface area contributed by atoms with Crippen LogP contribution in [0.5, 0.6) is 0 Å². The Balaban J connectivity index is 2.28. The van der Waals surface area contributed by atoms with Gasteiger partial charge in [-0.25, -0.2) is 4.98 Å². The quantitative estimate of drug-likeness (QED) is 0.753. The Bertz CT molecular complexity index is 685. The number of primary amides is 1. The van der Waals surface area contributed by atoms with Gasteiger partial charge in [-0.05, 0) is 25.5 Å². The van der Waals surface area contributed by atoms with Gasteiger partial charge in [0.05, 0.1) is 11.1 Å². The number of benzene rings is 1. The standard InChI is InChI=1S/C15H17N3O3/c1-9(6-7-14(19)20)17-13-8-11(15(16)21)10-4-2-3-5-12(10)18-13/h2-5,8-9H,6-7H2,1H3,(H2,16,21)(H,17,18)(H,19,20). The van der Waals surface area contributed by atoms with Gasteiger partial charge in [-0.3, -0.25) is 9.59 Å². The predicted octanol–water partition coefficient (Wildman–Crippen LogP) is 2.00. The minimum atomic E-state index is -0.840. The molecule has 0 saturated heterocycles. The average Bonchev–Trinajstić information content (AvgIpc) is 2.44. The largest absolute Gasteiger partial charge is 0.481 e. The summed E-state index contributed by atoms with van der Waals surface area (Å²) in [4.78, 5) is 26.5. The van der Waals surface area contributed by atoms with Gasteiger partial charge >= 0.3 is 5.97 Å².